The molecule has 0 aliphatic rings. The molecule has 1 aromatic rings. The van der Waals surface area contributed by atoms with Crippen molar-refractivity contribution in [2.75, 3.05) is 31.7 Å². The van der Waals surface area contributed by atoms with Crippen LogP contribution in [0.15, 0.2) is 9.59 Å². The van der Waals surface area contributed by atoms with Crippen molar-refractivity contribution in [1.29, 1.82) is 0 Å². The van der Waals surface area contributed by atoms with Crippen LogP contribution in [0.25, 0.3) is 0 Å². The molecule has 120 valence electrons. The molecule has 0 radical (unpaired) electrons. The standard InChI is InChI=1S/C14H27N5O2/c1-6-8-19-12(15)11(13(20)18(5)14(19)21)16-10(2)7-9-17(3)4/h10,16H,6-9,15H2,1-5H3. The third-order valence-corrected chi connectivity index (χ3v) is 3.43. The Kier molecular flexibility index (Phi) is 6.02. The molecule has 0 saturated carbocycles. The third kappa shape index (κ3) is 4.10. The summed E-state index contributed by atoms with van der Waals surface area (Å²) in [5.74, 6) is 0.224. The molecule has 0 saturated heterocycles. The number of anilines is 2. The second-order valence-electron chi connectivity index (χ2n) is 5.70. The fraction of sp³-hybridized carbons (Fsp3) is 0.714. The molecule has 0 aromatic carbocycles. The number of nitrogens with zero attached hydrogens (tertiary/aromatic N) is 3. The number of nitrogens with two attached hydrogens (primary N) is 1. The summed E-state index contributed by atoms with van der Waals surface area (Å²) in [7, 11) is 5.48. The lowest BCUT2D eigenvalue weighted by Crippen LogP contribution is -2.41. The predicted octanol–water partition coefficient (Wildman–Crippen LogP) is 0.291. The van der Waals surface area contributed by atoms with Gasteiger partial charge in [-0.1, -0.05) is 6.92 Å². The van der Waals surface area contributed by atoms with Crippen molar-refractivity contribution >= 4 is 11.5 Å². The molecule has 0 aliphatic heterocycles. The van der Waals surface area contributed by atoms with Gasteiger partial charge in [-0.15, -0.1) is 0 Å². The van der Waals surface area contributed by atoms with Gasteiger partial charge in [0.15, 0.2) is 0 Å². The summed E-state index contributed by atoms with van der Waals surface area (Å²) in [6.07, 6.45) is 1.65. The molecular formula is C14H27N5O2. The molecule has 0 aliphatic carbocycles. The molecule has 7 nitrogen and oxygen atoms in total. The molecule has 0 amide bonds. The molecule has 7 heteroatoms. The first kappa shape index (κ1) is 17.3. The lowest BCUT2D eigenvalue weighted by molar-refractivity contribution is 0.390. The van der Waals surface area contributed by atoms with Gasteiger partial charge in [-0.3, -0.25) is 13.9 Å². The Morgan fingerprint density at radius 2 is 1.95 bits per heavy atom. The molecule has 1 unspecified atom stereocenters. The van der Waals surface area contributed by atoms with Gasteiger partial charge >= 0.3 is 5.69 Å². The predicted molar refractivity (Wildman–Crippen MR) is 86.9 cm³/mol. The van der Waals surface area contributed by atoms with E-state index in [9.17, 15) is 9.59 Å². The van der Waals surface area contributed by atoms with Crippen molar-refractivity contribution < 1.29 is 0 Å². The van der Waals surface area contributed by atoms with Crippen LogP contribution in [-0.2, 0) is 13.6 Å². The van der Waals surface area contributed by atoms with E-state index >= 15 is 0 Å². The van der Waals surface area contributed by atoms with E-state index in [-0.39, 0.29) is 23.1 Å². The molecule has 0 fully saturated rings. The van der Waals surface area contributed by atoms with Gasteiger partial charge in [0.2, 0.25) is 0 Å². The Bertz CT molecular complexity index is 588. The second kappa shape index (κ2) is 7.31. The highest BCUT2D eigenvalue weighted by molar-refractivity contribution is 5.61. The Morgan fingerprint density at radius 1 is 1.33 bits per heavy atom. The first-order chi connectivity index (χ1) is 9.79. The van der Waals surface area contributed by atoms with E-state index in [4.69, 9.17) is 5.73 Å². The minimum atomic E-state index is -0.374. The minimum absolute atomic E-state index is 0.0926. The van der Waals surface area contributed by atoms with E-state index < -0.39 is 0 Å². The highest BCUT2D eigenvalue weighted by Gasteiger charge is 2.16. The smallest absolute Gasteiger partial charge is 0.332 e. The first-order valence-electron chi connectivity index (χ1n) is 7.30. The van der Waals surface area contributed by atoms with Crippen molar-refractivity contribution in [1.82, 2.24) is 14.0 Å². The van der Waals surface area contributed by atoms with Gasteiger partial charge in [0.1, 0.15) is 11.5 Å². The van der Waals surface area contributed by atoms with E-state index in [1.807, 2.05) is 27.9 Å². The summed E-state index contributed by atoms with van der Waals surface area (Å²) in [5.41, 5.74) is 5.59. The summed E-state index contributed by atoms with van der Waals surface area (Å²) in [5, 5.41) is 3.16. The first-order valence-corrected chi connectivity index (χ1v) is 7.30. The lowest BCUT2D eigenvalue weighted by atomic mass is 10.2. The third-order valence-electron chi connectivity index (χ3n) is 3.43. The van der Waals surface area contributed by atoms with Crippen molar-refractivity contribution in [2.45, 2.75) is 39.3 Å². The Hall–Kier alpha value is -1.76. The van der Waals surface area contributed by atoms with Crippen LogP contribution in [0.2, 0.25) is 0 Å². The van der Waals surface area contributed by atoms with Crippen molar-refractivity contribution in [2.24, 2.45) is 7.05 Å². The van der Waals surface area contributed by atoms with Gasteiger partial charge < -0.3 is 16.0 Å². The number of nitrogen functional groups attached to an aromatic ring is 1. The second-order valence-corrected chi connectivity index (χ2v) is 5.70. The quantitative estimate of drug-likeness (QED) is 0.755. The van der Waals surface area contributed by atoms with Crippen LogP contribution in [0.3, 0.4) is 0 Å². The number of rotatable bonds is 7. The van der Waals surface area contributed by atoms with Gasteiger partial charge in [-0.05, 0) is 40.4 Å². The molecule has 0 bridgehead atoms. The molecular weight excluding hydrogens is 270 g/mol. The Balaban J connectivity index is 3.12. The van der Waals surface area contributed by atoms with E-state index in [2.05, 4.69) is 10.2 Å². The van der Waals surface area contributed by atoms with Crippen LogP contribution >= 0.6 is 0 Å². The van der Waals surface area contributed by atoms with Gasteiger partial charge in [0.25, 0.3) is 5.56 Å². The summed E-state index contributed by atoms with van der Waals surface area (Å²) < 4.78 is 2.55. The lowest BCUT2D eigenvalue weighted by Gasteiger charge is -2.20. The van der Waals surface area contributed by atoms with Crippen molar-refractivity contribution in [3.05, 3.63) is 20.8 Å². The number of nitrogens with one attached hydrogen (secondary N) is 1. The number of hydrogen-bond acceptors (Lipinski definition) is 5. The average Bonchev–Trinajstić information content (AvgIpc) is 2.44. The van der Waals surface area contributed by atoms with Crippen molar-refractivity contribution in [3.8, 4) is 0 Å². The van der Waals surface area contributed by atoms with E-state index in [1.165, 1.54) is 11.6 Å². The average molecular weight is 297 g/mol. The molecule has 1 rings (SSSR count). The van der Waals surface area contributed by atoms with Crippen LogP contribution in [0.1, 0.15) is 26.7 Å². The van der Waals surface area contributed by atoms with Gasteiger partial charge in [0.05, 0.1) is 0 Å². The van der Waals surface area contributed by atoms with Crippen LogP contribution < -0.4 is 22.3 Å². The summed E-state index contributed by atoms with van der Waals surface area (Å²) in [4.78, 5) is 26.4. The fourth-order valence-corrected chi connectivity index (χ4v) is 2.13. The highest BCUT2D eigenvalue weighted by atomic mass is 16.2. The maximum atomic E-state index is 12.2. The minimum Gasteiger partial charge on any atom is -0.383 e. The van der Waals surface area contributed by atoms with Crippen LogP contribution in [0, 0.1) is 0 Å². The largest absolute Gasteiger partial charge is 0.383 e. The SMILES string of the molecule is CCCn1c(N)c(NC(C)CCN(C)C)c(=O)n(C)c1=O. The van der Waals surface area contributed by atoms with Gasteiger partial charge in [0, 0.05) is 19.6 Å². The van der Waals surface area contributed by atoms with Gasteiger partial charge in [-0.25, -0.2) is 4.79 Å². The van der Waals surface area contributed by atoms with Gasteiger partial charge in [-0.2, -0.15) is 0 Å². The van der Waals surface area contributed by atoms with Crippen LogP contribution in [-0.4, -0.2) is 40.7 Å². The van der Waals surface area contributed by atoms with Crippen LogP contribution in [0.5, 0.6) is 0 Å². The molecule has 1 aromatic heterocycles. The molecule has 1 atom stereocenters. The maximum absolute atomic E-state index is 12.2. The fourth-order valence-electron chi connectivity index (χ4n) is 2.13. The normalized spacial score (nSPS) is 12.7. The van der Waals surface area contributed by atoms with E-state index in [0.717, 1.165) is 24.0 Å². The van der Waals surface area contributed by atoms with E-state index in [0.29, 0.717) is 12.2 Å². The number of hydrogen-bond donors (Lipinski definition) is 2. The van der Waals surface area contributed by atoms with Crippen LogP contribution in [0.4, 0.5) is 11.5 Å². The molecule has 0 spiro atoms. The summed E-state index contributed by atoms with van der Waals surface area (Å²) in [6.45, 7) is 5.37. The number of aromatic nitrogens is 2. The zero-order chi connectivity index (χ0) is 16.2. The maximum Gasteiger partial charge on any atom is 0.332 e. The Labute approximate surface area is 125 Å². The molecule has 1 heterocycles. The highest BCUT2D eigenvalue weighted by Crippen LogP contribution is 2.13. The molecule has 21 heavy (non-hydrogen) atoms. The zero-order valence-corrected chi connectivity index (χ0v) is 13.6. The molecule has 3 N–H and O–H groups in total. The van der Waals surface area contributed by atoms with Crippen molar-refractivity contribution in [3.63, 3.8) is 0 Å². The summed E-state index contributed by atoms with van der Waals surface area (Å²) >= 11 is 0. The summed E-state index contributed by atoms with van der Waals surface area (Å²) in [6, 6.07) is 0.0926. The zero-order valence-electron chi connectivity index (χ0n) is 13.6. The Morgan fingerprint density at radius 3 is 2.48 bits per heavy atom. The van der Waals surface area contributed by atoms with E-state index in [1.54, 1.807) is 0 Å². The topological polar surface area (TPSA) is 85.3 Å². The monoisotopic (exact) mass is 297 g/mol.